The smallest absolute Gasteiger partial charge is 0.261 e. The van der Waals surface area contributed by atoms with Gasteiger partial charge in [0, 0.05) is 16.6 Å². The molecule has 6 heteroatoms. The quantitative estimate of drug-likeness (QED) is 0.502. The Morgan fingerprint density at radius 2 is 1.67 bits per heavy atom. The molecule has 0 amide bonds. The van der Waals surface area contributed by atoms with Gasteiger partial charge in [0.05, 0.1) is 21.8 Å². The summed E-state index contributed by atoms with van der Waals surface area (Å²) >= 11 is 6.15. The number of aryl methyl sites for hydroxylation is 1. The van der Waals surface area contributed by atoms with Crippen molar-refractivity contribution in [3.63, 3.8) is 0 Å². The third kappa shape index (κ3) is 3.44. The summed E-state index contributed by atoms with van der Waals surface area (Å²) in [5.74, 6) is 0. The van der Waals surface area contributed by atoms with Gasteiger partial charge in [-0.25, -0.2) is 8.42 Å². The fourth-order valence-electron chi connectivity index (χ4n) is 3.00. The van der Waals surface area contributed by atoms with Crippen LogP contribution in [-0.2, 0) is 10.0 Å². The van der Waals surface area contributed by atoms with E-state index in [0.29, 0.717) is 10.7 Å². The summed E-state index contributed by atoms with van der Waals surface area (Å²) in [6, 6.07) is 21.7. The summed E-state index contributed by atoms with van der Waals surface area (Å²) in [7, 11) is -3.69. The first-order valence-corrected chi connectivity index (χ1v) is 10.3. The van der Waals surface area contributed by atoms with E-state index in [0.717, 1.165) is 22.2 Å². The number of hydrogen-bond acceptors (Lipinski definition) is 2. The van der Waals surface area contributed by atoms with E-state index < -0.39 is 10.0 Å². The van der Waals surface area contributed by atoms with Crippen LogP contribution in [0, 0.1) is 6.92 Å². The molecule has 1 heterocycles. The number of rotatable bonds is 4. The van der Waals surface area contributed by atoms with Gasteiger partial charge in [-0.15, -0.1) is 0 Å². The van der Waals surface area contributed by atoms with Crippen molar-refractivity contribution in [3.05, 3.63) is 89.6 Å². The third-order valence-corrected chi connectivity index (χ3v) is 6.01. The van der Waals surface area contributed by atoms with Crippen LogP contribution in [0.3, 0.4) is 0 Å². The van der Waals surface area contributed by atoms with E-state index in [4.69, 9.17) is 11.6 Å². The number of sulfonamides is 1. The summed E-state index contributed by atoms with van der Waals surface area (Å²) in [5.41, 5.74) is 3.13. The summed E-state index contributed by atoms with van der Waals surface area (Å²) in [6.45, 7) is 1.92. The van der Waals surface area contributed by atoms with E-state index in [-0.39, 0.29) is 4.90 Å². The predicted molar refractivity (Wildman–Crippen MR) is 110 cm³/mol. The molecule has 0 radical (unpaired) electrons. The van der Waals surface area contributed by atoms with Gasteiger partial charge in [-0.05, 0) is 49.4 Å². The van der Waals surface area contributed by atoms with Crippen LogP contribution in [0.4, 0.5) is 5.69 Å². The Hall–Kier alpha value is -2.76. The topological polar surface area (TPSA) is 51.1 Å². The maximum absolute atomic E-state index is 12.8. The Morgan fingerprint density at radius 3 is 2.44 bits per heavy atom. The van der Waals surface area contributed by atoms with Gasteiger partial charge in [-0.2, -0.15) is 0 Å². The first-order chi connectivity index (χ1) is 12.9. The molecule has 136 valence electrons. The molecule has 0 fully saturated rings. The first-order valence-electron chi connectivity index (χ1n) is 8.39. The second kappa shape index (κ2) is 6.76. The van der Waals surface area contributed by atoms with Crippen LogP contribution in [0.1, 0.15) is 5.56 Å². The minimum atomic E-state index is -3.69. The second-order valence-electron chi connectivity index (χ2n) is 6.32. The lowest BCUT2D eigenvalue weighted by atomic mass is 10.2. The number of nitrogens with zero attached hydrogens (tertiary/aromatic N) is 1. The van der Waals surface area contributed by atoms with Crippen molar-refractivity contribution in [1.82, 2.24) is 4.57 Å². The Labute approximate surface area is 163 Å². The van der Waals surface area contributed by atoms with E-state index in [2.05, 4.69) is 4.72 Å². The van der Waals surface area contributed by atoms with Crippen LogP contribution < -0.4 is 4.72 Å². The van der Waals surface area contributed by atoms with E-state index in [9.17, 15) is 8.42 Å². The van der Waals surface area contributed by atoms with Crippen LogP contribution in [-0.4, -0.2) is 13.0 Å². The van der Waals surface area contributed by atoms with E-state index in [1.54, 1.807) is 36.4 Å². The van der Waals surface area contributed by atoms with Gasteiger partial charge in [0.25, 0.3) is 10.0 Å². The SMILES string of the molecule is Cc1ccc(S(=O)(=O)Nc2ccccc2-n2ccc3ccc(Cl)cc32)cc1. The summed E-state index contributed by atoms with van der Waals surface area (Å²) in [6.07, 6.45) is 1.90. The second-order valence-corrected chi connectivity index (χ2v) is 8.44. The molecule has 0 aliphatic carbocycles. The number of aromatic nitrogens is 1. The number of anilines is 1. The number of fused-ring (bicyclic) bond motifs is 1. The van der Waals surface area contributed by atoms with Gasteiger partial charge in [0.15, 0.2) is 0 Å². The normalized spacial score (nSPS) is 11.6. The predicted octanol–water partition coefficient (Wildman–Crippen LogP) is 5.39. The van der Waals surface area contributed by atoms with Crippen molar-refractivity contribution in [3.8, 4) is 5.69 Å². The fraction of sp³-hybridized carbons (Fsp3) is 0.0476. The Balaban J connectivity index is 1.79. The Morgan fingerprint density at radius 1 is 0.926 bits per heavy atom. The lowest BCUT2D eigenvalue weighted by Gasteiger charge is -2.14. The molecule has 0 aliphatic rings. The van der Waals surface area contributed by atoms with Crippen molar-refractivity contribution in [1.29, 1.82) is 0 Å². The van der Waals surface area contributed by atoms with Gasteiger partial charge in [-0.3, -0.25) is 4.72 Å². The largest absolute Gasteiger partial charge is 0.314 e. The molecule has 1 aromatic heterocycles. The summed E-state index contributed by atoms with van der Waals surface area (Å²) < 4.78 is 30.3. The zero-order chi connectivity index (χ0) is 19.0. The van der Waals surface area contributed by atoms with E-state index in [1.165, 1.54) is 0 Å². The molecule has 0 unspecified atom stereocenters. The molecule has 4 nitrogen and oxygen atoms in total. The highest BCUT2D eigenvalue weighted by molar-refractivity contribution is 7.92. The molecule has 27 heavy (non-hydrogen) atoms. The standard InChI is InChI=1S/C21H17ClN2O2S/c1-15-6-10-18(11-7-15)27(25,26)23-19-4-2-3-5-20(19)24-13-12-16-8-9-17(22)14-21(16)24/h2-14,23H,1H3. The zero-order valence-corrected chi connectivity index (χ0v) is 16.1. The zero-order valence-electron chi connectivity index (χ0n) is 14.6. The van der Waals surface area contributed by atoms with Crippen LogP contribution >= 0.6 is 11.6 Å². The summed E-state index contributed by atoms with van der Waals surface area (Å²) in [5, 5.41) is 1.65. The average Bonchev–Trinajstić information content (AvgIpc) is 3.05. The molecule has 0 spiro atoms. The highest BCUT2D eigenvalue weighted by Crippen LogP contribution is 2.29. The average molecular weight is 397 g/mol. The van der Waals surface area contributed by atoms with Gasteiger partial charge < -0.3 is 4.57 Å². The number of nitrogens with one attached hydrogen (secondary N) is 1. The van der Waals surface area contributed by atoms with Crippen molar-refractivity contribution >= 4 is 38.2 Å². The Bertz CT molecular complexity index is 1230. The fourth-order valence-corrected chi connectivity index (χ4v) is 4.24. The van der Waals surface area contributed by atoms with Crippen molar-refractivity contribution in [2.24, 2.45) is 0 Å². The van der Waals surface area contributed by atoms with Crippen molar-refractivity contribution in [2.45, 2.75) is 11.8 Å². The molecular weight excluding hydrogens is 380 g/mol. The molecule has 0 bridgehead atoms. The van der Waals surface area contributed by atoms with Crippen LogP contribution in [0.15, 0.2) is 83.9 Å². The lowest BCUT2D eigenvalue weighted by molar-refractivity contribution is 0.601. The number of benzene rings is 3. The minimum Gasteiger partial charge on any atom is -0.314 e. The minimum absolute atomic E-state index is 0.225. The molecular formula is C21H17ClN2O2S. The van der Waals surface area contributed by atoms with Gasteiger partial charge in [0.1, 0.15) is 0 Å². The number of para-hydroxylation sites is 2. The van der Waals surface area contributed by atoms with Crippen LogP contribution in [0.2, 0.25) is 5.02 Å². The van der Waals surface area contributed by atoms with Crippen molar-refractivity contribution < 1.29 is 8.42 Å². The molecule has 0 saturated heterocycles. The summed E-state index contributed by atoms with van der Waals surface area (Å²) in [4.78, 5) is 0.225. The maximum atomic E-state index is 12.8. The molecule has 0 saturated carbocycles. The van der Waals surface area contributed by atoms with Gasteiger partial charge in [-0.1, -0.05) is 47.5 Å². The highest BCUT2D eigenvalue weighted by atomic mass is 35.5. The number of hydrogen-bond donors (Lipinski definition) is 1. The van der Waals surface area contributed by atoms with E-state index >= 15 is 0 Å². The molecule has 1 N–H and O–H groups in total. The maximum Gasteiger partial charge on any atom is 0.261 e. The molecule has 0 atom stereocenters. The first kappa shape index (κ1) is 17.6. The van der Waals surface area contributed by atoms with Crippen LogP contribution in [0.5, 0.6) is 0 Å². The van der Waals surface area contributed by atoms with Crippen molar-refractivity contribution in [2.75, 3.05) is 4.72 Å². The number of halogens is 1. The monoisotopic (exact) mass is 396 g/mol. The van der Waals surface area contributed by atoms with Gasteiger partial charge >= 0.3 is 0 Å². The third-order valence-electron chi connectivity index (χ3n) is 4.39. The van der Waals surface area contributed by atoms with Crippen LogP contribution in [0.25, 0.3) is 16.6 Å². The molecule has 4 aromatic rings. The molecule has 0 aliphatic heterocycles. The lowest BCUT2D eigenvalue weighted by Crippen LogP contribution is -2.14. The van der Waals surface area contributed by atoms with Gasteiger partial charge in [0.2, 0.25) is 0 Å². The van der Waals surface area contributed by atoms with E-state index in [1.807, 2.05) is 54.1 Å². The molecule has 3 aromatic carbocycles. The highest BCUT2D eigenvalue weighted by Gasteiger charge is 2.17. The molecule has 4 rings (SSSR count). The Kier molecular flexibility index (Phi) is 4.42.